The molecule has 94 valence electrons. The molecule has 0 unspecified atom stereocenters. The molecule has 0 bridgehead atoms. The summed E-state index contributed by atoms with van der Waals surface area (Å²) < 4.78 is 1.77. The van der Waals surface area contributed by atoms with Crippen LogP contribution in [0, 0.1) is 0 Å². The molecule has 3 heterocycles. The molecular weight excluding hydrogens is 258 g/mol. The molecular formula is C14H11N3OS. The summed E-state index contributed by atoms with van der Waals surface area (Å²) in [6.45, 7) is 1.01. The quantitative estimate of drug-likeness (QED) is 0.681. The van der Waals surface area contributed by atoms with Crippen LogP contribution in [0.5, 0.6) is 0 Å². The lowest BCUT2D eigenvalue weighted by Crippen LogP contribution is -2.11. The van der Waals surface area contributed by atoms with Crippen LogP contribution in [0.3, 0.4) is 0 Å². The fourth-order valence-corrected chi connectivity index (χ4v) is 3.76. The second-order valence-electron chi connectivity index (χ2n) is 4.64. The van der Waals surface area contributed by atoms with E-state index in [9.17, 15) is 4.79 Å². The van der Waals surface area contributed by atoms with E-state index in [1.807, 2.05) is 0 Å². The number of thiophene rings is 1. The Hall–Kier alpha value is -2.01. The second-order valence-corrected chi connectivity index (χ2v) is 5.69. The molecule has 0 aliphatic carbocycles. The Morgan fingerprint density at radius 3 is 3.05 bits per heavy atom. The number of aryl methyl sites for hydroxylation is 1. The number of nitrogens with one attached hydrogen (secondary N) is 1. The van der Waals surface area contributed by atoms with Crippen LogP contribution >= 0.6 is 11.3 Å². The zero-order valence-electron chi connectivity index (χ0n) is 10.1. The normalized spacial score (nSPS) is 14.3. The predicted octanol–water partition coefficient (Wildman–Crippen LogP) is 2.56. The van der Waals surface area contributed by atoms with E-state index in [0.717, 1.165) is 35.0 Å². The van der Waals surface area contributed by atoms with Crippen LogP contribution in [-0.2, 0) is 6.42 Å². The zero-order valence-corrected chi connectivity index (χ0v) is 11.0. The lowest BCUT2D eigenvalue weighted by atomic mass is 9.99. The van der Waals surface area contributed by atoms with Gasteiger partial charge in [0.05, 0.1) is 5.52 Å². The molecule has 3 aromatic rings. The van der Waals surface area contributed by atoms with Gasteiger partial charge in [0.15, 0.2) is 0 Å². The van der Waals surface area contributed by atoms with Crippen LogP contribution in [0.4, 0.5) is 5.69 Å². The molecule has 0 amide bonds. The maximum absolute atomic E-state index is 12.0. The maximum atomic E-state index is 12.0. The van der Waals surface area contributed by atoms with Gasteiger partial charge >= 0.3 is 0 Å². The number of fused-ring (bicyclic) bond motifs is 5. The van der Waals surface area contributed by atoms with Gasteiger partial charge in [-0.05, 0) is 30.5 Å². The van der Waals surface area contributed by atoms with Crippen LogP contribution < -0.4 is 10.9 Å². The highest BCUT2D eigenvalue weighted by Crippen LogP contribution is 2.37. The number of hydrogen-bond acceptors (Lipinski definition) is 5. The number of aromatic nitrogens is 2. The van der Waals surface area contributed by atoms with Crippen molar-refractivity contribution in [1.29, 1.82) is 0 Å². The van der Waals surface area contributed by atoms with E-state index in [2.05, 4.69) is 27.4 Å². The monoisotopic (exact) mass is 269 g/mol. The summed E-state index contributed by atoms with van der Waals surface area (Å²) in [5, 5.41) is 4.54. The minimum atomic E-state index is -0.189. The molecule has 5 heteroatoms. The molecule has 1 N–H and O–H groups in total. The van der Waals surface area contributed by atoms with E-state index in [-0.39, 0.29) is 5.56 Å². The molecule has 1 aromatic carbocycles. The second kappa shape index (κ2) is 3.99. The minimum absolute atomic E-state index is 0.189. The van der Waals surface area contributed by atoms with Crippen molar-refractivity contribution in [2.24, 2.45) is 0 Å². The highest BCUT2D eigenvalue weighted by atomic mass is 32.1. The van der Waals surface area contributed by atoms with Crippen molar-refractivity contribution < 1.29 is 0 Å². The standard InChI is InChI=1S/C14H11N3OS/c18-14-13-12(16-6-7-17-14)11-8-2-1-5-15-9(8)3-4-10(11)19-13/h3-4,6-7,15H,1-2,5H2. The van der Waals surface area contributed by atoms with Gasteiger partial charge in [0.25, 0.3) is 5.56 Å². The van der Waals surface area contributed by atoms with Gasteiger partial charge in [0.2, 0.25) is 0 Å². The maximum Gasteiger partial charge on any atom is 0.289 e. The van der Waals surface area contributed by atoms with Gasteiger partial charge in [-0.25, -0.2) is 4.98 Å². The average molecular weight is 269 g/mol. The third-order valence-electron chi connectivity index (χ3n) is 3.51. The van der Waals surface area contributed by atoms with E-state index in [0.29, 0.717) is 4.70 Å². The molecule has 19 heavy (non-hydrogen) atoms. The lowest BCUT2D eigenvalue weighted by Gasteiger charge is -2.18. The Morgan fingerprint density at radius 1 is 1.21 bits per heavy atom. The van der Waals surface area contributed by atoms with E-state index >= 15 is 0 Å². The van der Waals surface area contributed by atoms with Gasteiger partial charge < -0.3 is 5.32 Å². The lowest BCUT2D eigenvalue weighted by molar-refractivity contribution is 0.837. The SMILES string of the molecule is O=c1nccnc2c1sc1ccc3c(c12)CCCN3. The molecule has 4 rings (SSSR count). The van der Waals surface area contributed by atoms with Crippen LogP contribution in [0.1, 0.15) is 12.0 Å². The van der Waals surface area contributed by atoms with Crippen molar-refractivity contribution in [2.45, 2.75) is 12.8 Å². The van der Waals surface area contributed by atoms with Crippen molar-refractivity contribution in [2.75, 3.05) is 11.9 Å². The Bertz CT molecular complexity index is 856. The highest BCUT2D eigenvalue weighted by molar-refractivity contribution is 7.25. The zero-order chi connectivity index (χ0) is 12.8. The molecule has 4 nitrogen and oxygen atoms in total. The molecule has 0 atom stereocenters. The van der Waals surface area contributed by atoms with Gasteiger partial charge in [-0.15, -0.1) is 11.3 Å². The first-order valence-electron chi connectivity index (χ1n) is 6.28. The number of nitrogens with zero attached hydrogens (tertiary/aromatic N) is 2. The van der Waals surface area contributed by atoms with E-state index < -0.39 is 0 Å². The largest absolute Gasteiger partial charge is 0.385 e. The molecule has 0 fully saturated rings. The summed E-state index contributed by atoms with van der Waals surface area (Å²) in [7, 11) is 0. The average Bonchev–Trinajstić information content (AvgIpc) is 2.73. The van der Waals surface area contributed by atoms with E-state index in [1.54, 1.807) is 6.20 Å². The first-order chi connectivity index (χ1) is 9.34. The summed E-state index contributed by atoms with van der Waals surface area (Å²) in [5.74, 6) is 0. The van der Waals surface area contributed by atoms with Gasteiger partial charge in [-0.1, -0.05) is 0 Å². The summed E-state index contributed by atoms with van der Waals surface area (Å²) in [6.07, 6.45) is 5.22. The van der Waals surface area contributed by atoms with Crippen LogP contribution in [-0.4, -0.2) is 16.5 Å². The molecule has 0 radical (unpaired) electrons. The Kier molecular flexibility index (Phi) is 2.29. The third kappa shape index (κ3) is 1.55. The van der Waals surface area contributed by atoms with E-state index in [4.69, 9.17) is 0 Å². The fraction of sp³-hybridized carbons (Fsp3) is 0.214. The summed E-state index contributed by atoms with van der Waals surface area (Å²) in [5.41, 5.74) is 3.06. The Morgan fingerprint density at radius 2 is 2.11 bits per heavy atom. The van der Waals surface area contributed by atoms with Gasteiger partial charge in [0, 0.05) is 34.7 Å². The number of benzene rings is 1. The van der Waals surface area contributed by atoms with Crippen LogP contribution in [0.15, 0.2) is 29.3 Å². The third-order valence-corrected chi connectivity index (χ3v) is 4.65. The molecule has 0 saturated carbocycles. The molecule has 1 aliphatic rings. The molecule has 1 aliphatic heterocycles. The molecule has 0 spiro atoms. The molecule has 0 saturated heterocycles. The van der Waals surface area contributed by atoms with Crippen LogP contribution in [0.2, 0.25) is 0 Å². The number of anilines is 1. The van der Waals surface area contributed by atoms with Crippen molar-refractivity contribution in [1.82, 2.24) is 9.97 Å². The summed E-state index contributed by atoms with van der Waals surface area (Å²) in [6, 6.07) is 4.17. The fourth-order valence-electron chi connectivity index (χ4n) is 2.69. The minimum Gasteiger partial charge on any atom is -0.385 e. The van der Waals surface area contributed by atoms with E-state index in [1.165, 1.54) is 28.8 Å². The van der Waals surface area contributed by atoms with Crippen molar-refractivity contribution >= 4 is 37.3 Å². The van der Waals surface area contributed by atoms with Crippen molar-refractivity contribution in [3.8, 4) is 0 Å². The highest BCUT2D eigenvalue weighted by Gasteiger charge is 2.17. The predicted molar refractivity (Wildman–Crippen MR) is 78.0 cm³/mol. The summed E-state index contributed by atoms with van der Waals surface area (Å²) in [4.78, 5) is 20.2. The van der Waals surface area contributed by atoms with Crippen molar-refractivity contribution in [3.05, 3.63) is 40.4 Å². The number of hydrogen-bond donors (Lipinski definition) is 1. The van der Waals surface area contributed by atoms with Gasteiger partial charge in [0.1, 0.15) is 4.70 Å². The van der Waals surface area contributed by atoms with Crippen LogP contribution in [0.25, 0.3) is 20.3 Å². The Balaban J connectivity index is 2.25. The van der Waals surface area contributed by atoms with Gasteiger partial charge in [-0.3, -0.25) is 9.78 Å². The first kappa shape index (κ1) is 10.9. The smallest absolute Gasteiger partial charge is 0.289 e. The Labute approximate surface area is 113 Å². The topological polar surface area (TPSA) is 54.9 Å². The summed E-state index contributed by atoms with van der Waals surface area (Å²) >= 11 is 1.49. The molecule has 2 aromatic heterocycles. The van der Waals surface area contributed by atoms with Gasteiger partial charge in [-0.2, -0.15) is 0 Å². The number of rotatable bonds is 0. The van der Waals surface area contributed by atoms with Crippen molar-refractivity contribution in [3.63, 3.8) is 0 Å². The first-order valence-corrected chi connectivity index (χ1v) is 7.09.